The molecule has 0 radical (unpaired) electrons. The molecule has 4 heterocycles. The Morgan fingerprint density at radius 2 is 1.26 bits per heavy atom. The summed E-state index contributed by atoms with van der Waals surface area (Å²) in [6, 6.07) is 29.5. The lowest BCUT2D eigenvalue weighted by atomic mass is 9.94. The molecule has 0 bridgehead atoms. The van der Waals surface area contributed by atoms with Crippen molar-refractivity contribution >= 4 is 23.9 Å². The monoisotopic (exact) mass is 823 g/mol. The van der Waals surface area contributed by atoms with Gasteiger partial charge >= 0.3 is 12.1 Å². The molecule has 3 N–H and O–H groups in total. The molecule has 8 rings (SSSR count). The van der Waals surface area contributed by atoms with E-state index in [-0.39, 0.29) is 30.3 Å². The Hall–Kier alpha value is -7.09. The van der Waals surface area contributed by atoms with E-state index < -0.39 is 29.8 Å². The highest BCUT2D eigenvalue weighted by Crippen LogP contribution is 2.37. The Bertz CT molecular complexity index is 2510. The smallest absolute Gasteiger partial charge is 0.407 e. The van der Waals surface area contributed by atoms with Crippen molar-refractivity contribution in [1.82, 2.24) is 35.1 Å². The number of hydrogen-bond acceptors (Lipinski definition) is 8. The minimum atomic E-state index is -0.945. The fourth-order valence-corrected chi connectivity index (χ4v) is 8.44. The first-order valence-corrected chi connectivity index (χ1v) is 20.3. The summed E-state index contributed by atoms with van der Waals surface area (Å²) in [5.74, 6) is -0.751. The zero-order valence-corrected chi connectivity index (χ0v) is 33.8. The van der Waals surface area contributed by atoms with Crippen molar-refractivity contribution in [3.63, 3.8) is 0 Å². The second-order valence-corrected chi connectivity index (χ2v) is 15.2. The minimum Gasteiger partial charge on any atom is -0.469 e. The van der Waals surface area contributed by atoms with Crippen molar-refractivity contribution in [2.75, 3.05) is 27.3 Å². The lowest BCUT2D eigenvalue weighted by molar-refractivity contribution is -0.145. The van der Waals surface area contributed by atoms with Crippen molar-refractivity contribution in [3.8, 4) is 33.6 Å². The van der Waals surface area contributed by atoms with Gasteiger partial charge in [0.05, 0.1) is 62.4 Å². The van der Waals surface area contributed by atoms with E-state index in [1.54, 1.807) is 47.6 Å². The fraction of sp³-hybridized carbons (Fsp3) is 0.277. The van der Waals surface area contributed by atoms with Gasteiger partial charge in [0.15, 0.2) is 0 Å². The van der Waals surface area contributed by atoms with Gasteiger partial charge in [0, 0.05) is 18.7 Å². The van der Waals surface area contributed by atoms with Crippen LogP contribution in [0.1, 0.15) is 78.9 Å². The highest BCUT2D eigenvalue weighted by molar-refractivity contribution is 5.89. The van der Waals surface area contributed by atoms with Gasteiger partial charge in [-0.05, 0) is 65.6 Å². The lowest BCUT2D eigenvalue weighted by Crippen LogP contribution is -2.42. The number of amides is 3. The molecule has 0 spiro atoms. The molecule has 0 unspecified atom stereocenters. The molecule has 4 atom stereocenters. The number of imidazole rings is 2. The van der Waals surface area contributed by atoms with Crippen LogP contribution >= 0.6 is 0 Å². The van der Waals surface area contributed by atoms with Gasteiger partial charge in [-0.15, -0.1) is 0 Å². The summed E-state index contributed by atoms with van der Waals surface area (Å²) in [7, 11) is 2.58. The third-order valence-corrected chi connectivity index (χ3v) is 11.6. The van der Waals surface area contributed by atoms with Crippen LogP contribution < -0.4 is 5.32 Å². The molecule has 312 valence electrons. The van der Waals surface area contributed by atoms with E-state index in [0.717, 1.165) is 41.6 Å². The average molecular weight is 824 g/mol. The number of methoxy groups -OCH3 is 2. The molecule has 2 aliphatic heterocycles. The Balaban J connectivity index is 0.946. The molecule has 0 saturated carbocycles. The molecule has 61 heavy (non-hydrogen) atoms. The van der Waals surface area contributed by atoms with Gasteiger partial charge in [0.2, 0.25) is 5.91 Å². The molecule has 2 aromatic heterocycles. The first kappa shape index (κ1) is 40.7. The standard InChI is InChI=1S/C47H46FN7O6/c1-60-41(56)26-35(30-11-5-3-6-12-30)45(57)54-23-9-15-39(54)43-49-27-37(51-43)31-19-17-29(18-20-31)33-21-22-34(36(48)25-33)38-28-50-44(52-38)40-16-10-24-55(40)46(58)42(53-47(59)61-2)32-13-7-4-8-14-32/h3-8,11-14,17-22,25,27-28,35,39-40,42H,9-10,15-16,23-24,26H2,1-2H3,(H,49,51)(H,50,52)(H,53,59)/t35-,39+,40+,42-/m1/s1. The van der Waals surface area contributed by atoms with Gasteiger partial charge in [0.1, 0.15) is 23.5 Å². The van der Waals surface area contributed by atoms with Crippen LogP contribution in [0.3, 0.4) is 0 Å². The van der Waals surface area contributed by atoms with Crippen molar-refractivity contribution in [2.24, 2.45) is 0 Å². The van der Waals surface area contributed by atoms with Crippen molar-refractivity contribution in [2.45, 2.75) is 56.1 Å². The van der Waals surface area contributed by atoms with E-state index in [2.05, 4.69) is 25.3 Å². The second kappa shape index (κ2) is 18.0. The summed E-state index contributed by atoms with van der Waals surface area (Å²) in [6.45, 7) is 1.04. The highest BCUT2D eigenvalue weighted by Gasteiger charge is 2.38. The molecule has 2 aliphatic rings. The molecule has 2 saturated heterocycles. The zero-order chi connectivity index (χ0) is 42.5. The normalized spacial score (nSPS) is 17.2. The highest BCUT2D eigenvalue weighted by atomic mass is 19.1. The van der Waals surface area contributed by atoms with Gasteiger partial charge < -0.3 is 34.6 Å². The number of hydrogen-bond donors (Lipinski definition) is 3. The number of aromatic nitrogens is 4. The van der Waals surface area contributed by atoms with Crippen LogP contribution in [0.15, 0.2) is 116 Å². The van der Waals surface area contributed by atoms with E-state index in [1.807, 2.05) is 71.6 Å². The molecule has 4 aromatic carbocycles. The van der Waals surface area contributed by atoms with Crippen LogP contribution in [0.2, 0.25) is 0 Å². The third-order valence-electron chi connectivity index (χ3n) is 11.6. The molecule has 6 aromatic rings. The van der Waals surface area contributed by atoms with Gasteiger partial charge in [-0.3, -0.25) is 14.4 Å². The number of carbonyl (C=O) groups is 4. The number of likely N-dealkylation sites (tertiary alicyclic amines) is 2. The molecule has 13 nitrogen and oxygen atoms in total. The van der Waals surface area contributed by atoms with Gasteiger partial charge in [-0.1, -0.05) is 91.0 Å². The number of nitrogens with one attached hydrogen (secondary N) is 3. The van der Waals surface area contributed by atoms with Crippen molar-refractivity contribution in [3.05, 3.63) is 144 Å². The van der Waals surface area contributed by atoms with E-state index in [4.69, 9.17) is 9.47 Å². The number of nitrogens with zero attached hydrogens (tertiary/aromatic N) is 4. The molecule has 0 aliphatic carbocycles. The van der Waals surface area contributed by atoms with E-state index >= 15 is 4.39 Å². The second-order valence-electron chi connectivity index (χ2n) is 15.2. The Labute approximate surface area is 352 Å². The summed E-state index contributed by atoms with van der Waals surface area (Å²) < 4.78 is 25.6. The predicted octanol–water partition coefficient (Wildman–Crippen LogP) is 8.04. The maximum atomic E-state index is 15.8. The largest absolute Gasteiger partial charge is 0.469 e. The quantitative estimate of drug-likeness (QED) is 0.105. The number of rotatable bonds is 12. The minimum absolute atomic E-state index is 0.0478. The number of halogens is 1. The van der Waals surface area contributed by atoms with Gasteiger partial charge in [-0.2, -0.15) is 0 Å². The topological polar surface area (TPSA) is 163 Å². The van der Waals surface area contributed by atoms with Crippen LogP contribution in [0.5, 0.6) is 0 Å². The molecular weight excluding hydrogens is 778 g/mol. The van der Waals surface area contributed by atoms with Gasteiger partial charge in [-0.25, -0.2) is 19.2 Å². The fourth-order valence-electron chi connectivity index (χ4n) is 8.44. The number of esters is 1. The van der Waals surface area contributed by atoms with Crippen molar-refractivity contribution < 1.29 is 33.0 Å². The van der Waals surface area contributed by atoms with E-state index in [9.17, 15) is 19.2 Å². The molecule has 2 fully saturated rings. The third kappa shape index (κ3) is 8.65. The first-order valence-electron chi connectivity index (χ1n) is 20.3. The molecular formula is C47H46FN7O6. The SMILES string of the molecule is COC(=O)C[C@@H](C(=O)N1CCC[C@H]1c1ncc(-c2ccc(-c3ccc(-c4cnc([C@@H]5CCCN5C(=O)[C@H](NC(=O)OC)c5ccccc5)[nH]4)c(F)c3)cc2)[nH]1)c1ccccc1. The Morgan fingerprint density at radius 1 is 0.705 bits per heavy atom. The van der Waals surface area contributed by atoms with Crippen molar-refractivity contribution in [1.29, 1.82) is 0 Å². The number of H-pyrrole nitrogens is 2. The van der Waals surface area contributed by atoms with Crippen LogP contribution in [-0.4, -0.2) is 80.9 Å². The summed E-state index contributed by atoms with van der Waals surface area (Å²) in [6.07, 6.45) is 5.52. The first-order chi connectivity index (χ1) is 29.7. The van der Waals surface area contributed by atoms with E-state index in [1.165, 1.54) is 20.3 Å². The number of alkyl carbamates (subject to hydrolysis) is 1. The Kier molecular flexibility index (Phi) is 12.0. The summed E-state index contributed by atoms with van der Waals surface area (Å²) in [5.41, 5.74) is 5.39. The van der Waals surface area contributed by atoms with Crippen LogP contribution in [0, 0.1) is 5.82 Å². The summed E-state index contributed by atoms with van der Waals surface area (Å²) in [5, 5.41) is 2.67. The molecule has 3 amide bonds. The lowest BCUT2D eigenvalue weighted by Gasteiger charge is -2.28. The summed E-state index contributed by atoms with van der Waals surface area (Å²) in [4.78, 5) is 71.8. The van der Waals surface area contributed by atoms with Crippen LogP contribution in [0.25, 0.3) is 33.6 Å². The zero-order valence-electron chi connectivity index (χ0n) is 33.8. The Morgan fingerprint density at radius 3 is 1.87 bits per heavy atom. The van der Waals surface area contributed by atoms with E-state index in [0.29, 0.717) is 53.5 Å². The average Bonchev–Trinajstić information content (AvgIpc) is 4.15. The maximum Gasteiger partial charge on any atom is 0.407 e. The predicted molar refractivity (Wildman–Crippen MR) is 225 cm³/mol. The number of aromatic amines is 2. The number of benzene rings is 4. The summed E-state index contributed by atoms with van der Waals surface area (Å²) >= 11 is 0. The van der Waals surface area contributed by atoms with Crippen LogP contribution in [0.4, 0.5) is 9.18 Å². The van der Waals surface area contributed by atoms with Gasteiger partial charge in [0.25, 0.3) is 5.91 Å². The number of carbonyl (C=O) groups excluding carboxylic acids is 4. The maximum absolute atomic E-state index is 15.8. The number of ether oxygens (including phenoxy) is 2. The van der Waals surface area contributed by atoms with Crippen LogP contribution in [-0.2, 0) is 23.9 Å². The molecule has 14 heteroatoms.